The van der Waals surface area contributed by atoms with Crippen molar-refractivity contribution in [2.24, 2.45) is 11.8 Å². The largest absolute Gasteiger partial charge is 0.492 e. The maximum Gasteiger partial charge on any atom is 0.270 e. The van der Waals surface area contributed by atoms with Crippen LogP contribution >= 0.6 is 11.6 Å². The highest BCUT2D eigenvalue weighted by Crippen LogP contribution is 2.31. The maximum absolute atomic E-state index is 12.5. The summed E-state index contributed by atoms with van der Waals surface area (Å²) >= 11 is 6.08. The van der Waals surface area contributed by atoms with Gasteiger partial charge in [0.2, 0.25) is 5.91 Å². The van der Waals surface area contributed by atoms with Crippen molar-refractivity contribution < 1.29 is 14.3 Å². The molecule has 2 rings (SSSR count). The average Bonchev–Trinajstić information content (AvgIpc) is 3.36. The molecule has 0 aromatic carbocycles. The molecule has 0 spiro atoms. The van der Waals surface area contributed by atoms with E-state index in [9.17, 15) is 9.59 Å². The summed E-state index contributed by atoms with van der Waals surface area (Å²) in [6, 6.07) is 1.54. The van der Waals surface area contributed by atoms with Gasteiger partial charge in [0.1, 0.15) is 16.5 Å². The van der Waals surface area contributed by atoms with Gasteiger partial charge in [-0.1, -0.05) is 18.5 Å². The van der Waals surface area contributed by atoms with Crippen LogP contribution in [0.1, 0.15) is 44.1 Å². The van der Waals surface area contributed by atoms with Crippen LogP contribution in [-0.2, 0) is 4.79 Å². The average molecular weight is 354 g/mol. The monoisotopic (exact) mass is 353 g/mol. The molecule has 0 bridgehead atoms. The molecule has 1 heterocycles. The van der Waals surface area contributed by atoms with Crippen LogP contribution in [0.5, 0.6) is 5.75 Å². The number of aromatic nitrogens is 1. The highest BCUT2D eigenvalue weighted by atomic mass is 35.5. The number of amides is 2. The third-order valence-electron chi connectivity index (χ3n) is 4.38. The molecule has 132 valence electrons. The van der Waals surface area contributed by atoms with E-state index in [1.54, 1.807) is 33.9 Å². The first kappa shape index (κ1) is 18.5. The van der Waals surface area contributed by atoms with Gasteiger partial charge in [-0.2, -0.15) is 0 Å². The predicted molar refractivity (Wildman–Crippen MR) is 92.2 cm³/mol. The molecule has 2 N–H and O–H groups in total. The molecule has 0 radical (unpaired) electrons. The van der Waals surface area contributed by atoms with E-state index in [4.69, 9.17) is 16.3 Å². The van der Waals surface area contributed by atoms with Crippen LogP contribution in [0.3, 0.4) is 0 Å². The fourth-order valence-corrected chi connectivity index (χ4v) is 2.31. The number of rotatable bonds is 7. The van der Waals surface area contributed by atoms with Gasteiger partial charge < -0.3 is 15.4 Å². The molecule has 0 aliphatic heterocycles. The quantitative estimate of drug-likeness (QED) is 0.788. The Morgan fingerprint density at radius 2 is 2.12 bits per heavy atom. The first-order valence-corrected chi connectivity index (χ1v) is 8.45. The van der Waals surface area contributed by atoms with Crippen molar-refractivity contribution in [3.05, 3.63) is 23.0 Å². The molecule has 1 aliphatic rings. The van der Waals surface area contributed by atoms with E-state index in [0.717, 1.165) is 0 Å². The zero-order chi connectivity index (χ0) is 17.9. The molecule has 0 saturated heterocycles. The zero-order valence-electron chi connectivity index (χ0n) is 14.5. The van der Waals surface area contributed by atoms with E-state index in [2.05, 4.69) is 15.6 Å². The Kier molecular flexibility index (Phi) is 5.70. The van der Waals surface area contributed by atoms with Crippen molar-refractivity contribution in [2.45, 2.75) is 39.2 Å². The van der Waals surface area contributed by atoms with Crippen LogP contribution in [0, 0.1) is 11.8 Å². The van der Waals surface area contributed by atoms with Crippen LogP contribution in [0.4, 0.5) is 0 Å². The van der Waals surface area contributed by atoms with Crippen LogP contribution < -0.4 is 15.4 Å². The molecule has 7 heteroatoms. The second-order valence-electron chi connectivity index (χ2n) is 6.77. The van der Waals surface area contributed by atoms with Gasteiger partial charge in [-0.3, -0.25) is 9.59 Å². The number of ether oxygens (including phenoxy) is 1. The topological polar surface area (TPSA) is 80.3 Å². The molecular formula is C17H24ClN3O3. The van der Waals surface area contributed by atoms with E-state index < -0.39 is 11.5 Å². The van der Waals surface area contributed by atoms with Crippen molar-refractivity contribution in [3.63, 3.8) is 0 Å². The standard InChI is InChI=1S/C17H24ClN3O3/c1-10(15(22)19-4)17(2,3)21-16(23)13-7-14(12(18)8-20-13)24-9-11-5-6-11/h7-8,10-11H,5-6,9H2,1-4H3,(H,19,22)(H,21,23). The lowest BCUT2D eigenvalue weighted by atomic mass is 9.88. The zero-order valence-corrected chi connectivity index (χ0v) is 15.2. The van der Waals surface area contributed by atoms with Crippen molar-refractivity contribution in [3.8, 4) is 5.75 Å². The van der Waals surface area contributed by atoms with Crippen molar-refractivity contribution >= 4 is 23.4 Å². The van der Waals surface area contributed by atoms with Gasteiger partial charge in [-0.05, 0) is 32.6 Å². The molecule has 1 aromatic rings. The number of nitrogens with one attached hydrogen (secondary N) is 2. The highest BCUT2D eigenvalue weighted by molar-refractivity contribution is 6.32. The predicted octanol–water partition coefficient (Wildman–Crippen LogP) is 2.41. The van der Waals surface area contributed by atoms with Crippen LogP contribution in [0.2, 0.25) is 5.02 Å². The van der Waals surface area contributed by atoms with Crippen LogP contribution in [0.15, 0.2) is 12.3 Å². The molecule has 1 fully saturated rings. The number of pyridine rings is 1. The fourth-order valence-electron chi connectivity index (χ4n) is 2.16. The SMILES string of the molecule is CNC(=O)C(C)C(C)(C)NC(=O)c1cc(OCC2CC2)c(Cl)cn1. The summed E-state index contributed by atoms with van der Waals surface area (Å²) in [4.78, 5) is 28.4. The number of hydrogen-bond donors (Lipinski definition) is 2. The second kappa shape index (κ2) is 7.38. The smallest absolute Gasteiger partial charge is 0.270 e. The van der Waals surface area contributed by atoms with Gasteiger partial charge in [0.15, 0.2) is 0 Å². The fraction of sp³-hybridized carbons (Fsp3) is 0.588. The van der Waals surface area contributed by atoms with Crippen LogP contribution in [0.25, 0.3) is 0 Å². The molecule has 1 saturated carbocycles. The lowest BCUT2D eigenvalue weighted by Gasteiger charge is -2.31. The Hall–Kier alpha value is -1.82. The summed E-state index contributed by atoms with van der Waals surface area (Å²) in [7, 11) is 1.57. The van der Waals surface area contributed by atoms with Crippen molar-refractivity contribution in [1.29, 1.82) is 0 Å². The molecular weight excluding hydrogens is 330 g/mol. The summed E-state index contributed by atoms with van der Waals surface area (Å²) < 4.78 is 5.67. The minimum absolute atomic E-state index is 0.141. The van der Waals surface area contributed by atoms with Gasteiger partial charge in [0, 0.05) is 18.7 Å². The Labute approximate surface area is 147 Å². The lowest BCUT2D eigenvalue weighted by Crippen LogP contribution is -2.52. The van der Waals surface area contributed by atoms with Gasteiger partial charge in [-0.25, -0.2) is 4.98 Å². The number of halogens is 1. The summed E-state index contributed by atoms with van der Waals surface area (Å²) in [5, 5.41) is 5.82. The molecule has 1 atom stereocenters. The summed E-state index contributed by atoms with van der Waals surface area (Å²) in [5.74, 6) is 0.130. The summed E-state index contributed by atoms with van der Waals surface area (Å²) in [6.07, 6.45) is 3.75. The molecule has 1 aromatic heterocycles. The minimum atomic E-state index is -0.729. The normalized spacial score (nSPS) is 15.5. The third-order valence-corrected chi connectivity index (χ3v) is 4.67. The minimum Gasteiger partial charge on any atom is -0.492 e. The van der Waals surface area contributed by atoms with E-state index in [0.29, 0.717) is 23.3 Å². The maximum atomic E-state index is 12.5. The van der Waals surface area contributed by atoms with E-state index in [-0.39, 0.29) is 17.5 Å². The third kappa shape index (κ3) is 4.60. The van der Waals surface area contributed by atoms with Crippen molar-refractivity contribution in [2.75, 3.05) is 13.7 Å². The van der Waals surface area contributed by atoms with Gasteiger partial charge in [0.25, 0.3) is 5.91 Å². The first-order valence-electron chi connectivity index (χ1n) is 8.07. The molecule has 1 unspecified atom stereocenters. The van der Waals surface area contributed by atoms with E-state index >= 15 is 0 Å². The molecule has 2 amide bonds. The highest BCUT2D eigenvalue weighted by Gasteiger charge is 2.33. The Morgan fingerprint density at radius 1 is 1.46 bits per heavy atom. The molecule has 24 heavy (non-hydrogen) atoms. The lowest BCUT2D eigenvalue weighted by molar-refractivity contribution is -0.125. The number of carbonyl (C=O) groups excluding carboxylic acids is 2. The summed E-state index contributed by atoms with van der Waals surface area (Å²) in [5.41, 5.74) is -0.518. The Bertz CT molecular complexity index is 630. The van der Waals surface area contributed by atoms with Crippen molar-refractivity contribution in [1.82, 2.24) is 15.6 Å². The van der Waals surface area contributed by atoms with E-state index in [1.807, 2.05) is 0 Å². The molecule has 1 aliphatic carbocycles. The number of hydrogen-bond acceptors (Lipinski definition) is 4. The Morgan fingerprint density at radius 3 is 2.71 bits per heavy atom. The van der Waals surface area contributed by atoms with Gasteiger partial charge in [-0.15, -0.1) is 0 Å². The first-order chi connectivity index (χ1) is 11.2. The Balaban J connectivity index is 2.08. The van der Waals surface area contributed by atoms with Gasteiger partial charge >= 0.3 is 0 Å². The molecule has 6 nitrogen and oxygen atoms in total. The number of carbonyl (C=O) groups is 2. The summed E-state index contributed by atoms with van der Waals surface area (Å²) in [6.45, 7) is 5.96. The van der Waals surface area contributed by atoms with E-state index in [1.165, 1.54) is 19.0 Å². The second-order valence-corrected chi connectivity index (χ2v) is 7.17. The number of nitrogens with zero attached hydrogens (tertiary/aromatic N) is 1. The van der Waals surface area contributed by atoms with Crippen LogP contribution in [-0.4, -0.2) is 36.0 Å². The van der Waals surface area contributed by atoms with Gasteiger partial charge in [0.05, 0.1) is 18.7 Å².